The Morgan fingerprint density at radius 1 is 1.44 bits per heavy atom. The summed E-state index contributed by atoms with van der Waals surface area (Å²) < 4.78 is 0. The summed E-state index contributed by atoms with van der Waals surface area (Å²) in [5.74, 6) is 0.732. The van der Waals surface area contributed by atoms with Gasteiger partial charge in [0.05, 0.1) is 6.61 Å². The van der Waals surface area contributed by atoms with Gasteiger partial charge in [0.25, 0.3) is 0 Å². The van der Waals surface area contributed by atoms with Crippen molar-refractivity contribution in [1.82, 2.24) is 0 Å². The Hall–Kier alpha value is -0.670. The van der Waals surface area contributed by atoms with Crippen LogP contribution in [0.1, 0.15) is 40.0 Å². The van der Waals surface area contributed by atoms with Gasteiger partial charge in [0.15, 0.2) is 5.78 Å². The van der Waals surface area contributed by atoms with Gasteiger partial charge in [0, 0.05) is 17.3 Å². The molecule has 0 aromatic heterocycles. The molecule has 3 nitrogen and oxygen atoms in total. The molecule has 0 saturated heterocycles. The standard InChI is InChI=1S/C15H22O3/c1-9-4-5-11-10(9)6-15(18)12(17)7-13(11,2)14(15,3)8-16/h5,9-10,16,18H,4,6-8H2,1-3H3/t9-,10-,13-,14+,15-/m1/s1. The van der Waals surface area contributed by atoms with Crippen molar-refractivity contribution < 1.29 is 15.0 Å². The number of Topliss-reactive ketones (excluding diaryl/α,β-unsaturated/α-hetero) is 1. The van der Waals surface area contributed by atoms with Crippen molar-refractivity contribution in [3.63, 3.8) is 0 Å². The Kier molecular flexibility index (Phi) is 2.24. The summed E-state index contributed by atoms with van der Waals surface area (Å²) in [6.07, 6.45) is 4.14. The molecular weight excluding hydrogens is 228 g/mol. The molecule has 3 aliphatic rings. The lowest BCUT2D eigenvalue weighted by atomic mass is 9.51. The zero-order chi connectivity index (χ0) is 13.3. The molecular formula is C15H22O3. The first kappa shape index (κ1) is 12.4. The maximum Gasteiger partial charge on any atom is 0.165 e. The van der Waals surface area contributed by atoms with Gasteiger partial charge in [-0.2, -0.15) is 0 Å². The largest absolute Gasteiger partial charge is 0.396 e. The summed E-state index contributed by atoms with van der Waals surface area (Å²) in [5, 5.41) is 20.7. The van der Waals surface area contributed by atoms with Gasteiger partial charge in [-0.1, -0.05) is 32.4 Å². The van der Waals surface area contributed by atoms with Crippen LogP contribution in [0.3, 0.4) is 0 Å². The lowest BCUT2D eigenvalue weighted by molar-refractivity contribution is -0.162. The fourth-order valence-corrected chi connectivity index (χ4v) is 4.69. The van der Waals surface area contributed by atoms with E-state index in [1.165, 1.54) is 5.57 Å². The van der Waals surface area contributed by atoms with Crippen molar-refractivity contribution >= 4 is 5.78 Å². The number of allylic oxidation sites excluding steroid dienone is 2. The minimum Gasteiger partial charge on any atom is -0.396 e. The Labute approximate surface area is 108 Å². The highest BCUT2D eigenvalue weighted by atomic mass is 16.3. The Bertz CT molecular complexity index is 455. The first-order valence-electron chi connectivity index (χ1n) is 6.87. The van der Waals surface area contributed by atoms with E-state index < -0.39 is 11.0 Å². The molecule has 2 N–H and O–H groups in total. The fraction of sp³-hybridized carbons (Fsp3) is 0.800. The first-order valence-corrected chi connectivity index (χ1v) is 6.87. The van der Waals surface area contributed by atoms with E-state index >= 15 is 0 Å². The first-order chi connectivity index (χ1) is 8.30. The highest BCUT2D eigenvalue weighted by Gasteiger charge is 2.72. The van der Waals surface area contributed by atoms with E-state index in [0.717, 1.165) is 6.42 Å². The van der Waals surface area contributed by atoms with Crippen LogP contribution in [0.5, 0.6) is 0 Å². The Morgan fingerprint density at radius 3 is 2.72 bits per heavy atom. The summed E-state index contributed by atoms with van der Waals surface area (Å²) >= 11 is 0. The fourth-order valence-electron chi connectivity index (χ4n) is 4.69. The molecule has 0 unspecified atom stereocenters. The number of carbonyl (C=O) groups excluding carboxylic acids is 1. The molecule has 0 heterocycles. The van der Waals surface area contributed by atoms with Gasteiger partial charge >= 0.3 is 0 Å². The van der Waals surface area contributed by atoms with Gasteiger partial charge in [-0.05, 0) is 24.7 Å². The van der Waals surface area contributed by atoms with Crippen LogP contribution >= 0.6 is 0 Å². The molecule has 0 aromatic carbocycles. The summed E-state index contributed by atoms with van der Waals surface area (Å²) in [6.45, 7) is 5.98. The lowest BCUT2D eigenvalue weighted by Crippen LogP contribution is -2.59. The van der Waals surface area contributed by atoms with Crippen LogP contribution in [0, 0.1) is 22.7 Å². The maximum absolute atomic E-state index is 12.3. The molecule has 3 rings (SSSR count). The smallest absolute Gasteiger partial charge is 0.165 e. The topological polar surface area (TPSA) is 57.5 Å². The molecule has 18 heavy (non-hydrogen) atoms. The third kappa shape index (κ3) is 1.03. The van der Waals surface area contributed by atoms with Gasteiger partial charge in [-0.3, -0.25) is 4.79 Å². The van der Waals surface area contributed by atoms with Crippen LogP contribution in [0.25, 0.3) is 0 Å². The van der Waals surface area contributed by atoms with E-state index in [0.29, 0.717) is 24.7 Å². The second-order valence-corrected chi connectivity index (χ2v) is 6.97. The van der Waals surface area contributed by atoms with Gasteiger partial charge in [0.2, 0.25) is 0 Å². The van der Waals surface area contributed by atoms with Crippen molar-refractivity contribution in [2.24, 2.45) is 22.7 Å². The van der Waals surface area contributed by atoms with Crippen LogP contribution in [0.4, 0.5) is 0 Å². The van der Waals surface area contributed by atoms with Crippen molar-refractivity contribution in [3.05, 3.63) is 11.6 Å². The molecule has 2 saturated carbocycles. The molecule has 100 valence electrons. The molecule has 0 radical (unpaired) electrons. The van der Waals surface area contributed by atoms with Crippen molar-refractivity contribution in [2.45, 2.75) is 45.6 Å². The molecule has 0 aromatic rings. The number of aliphatic hydroxyl groups is 2. The zero-order valence-electron chi connectivity index (χ0n) is 11.4. The van der Waals surface area contributed by atoms with Crippen molar-refractivity contribution in [3.8, 4) is 0 Å². The van der Waals surface area contributed by atoms with Crippen LogP contribution in [0.15, 0.2) is 11.6 Å². The minimum atomic E-state index is -1.34. The summed E-state index contributed by atoms with van der Waals surface area (Å²) in [6, 6.07) is 0. The number of hydrogen-bond acceptors (Lipinski definition) is 3. The Morgan fingerprint density at radius 2 is 2.11 bits per heavy atom. The third-order valence-corrected chi connectivity index (χ3v) is 6.37. The summed E-state index contributed by atoms with van der Waals surface area (Å²) in [5.41, 5.74) is -1.14. The molecule has 2 fully saturated rings. The molecule has 2 bridgehead atoms. The van der Waals surface area contributed by atoms with Gasteiger partial charge in [0.1, 0.15) is 5.60 Å². The lowest BCUT2D eigenvalue weighted by Gasteiger charge is -2.54. The van der Waals surface area contributed by atoms with E-state index in [4.69, 9.17) is 0 Å². The molecule has 3 heteroatoms. The van der Waals surface area contributed by atoms with Crippen molar-refractivity contribution in [2.75, 3.05) is 6.61 Å². The van der Waals surface area contributed by atoms with E-state index in [-0.39, 0.29) is 17.8 Å². The molecule has 5 atom stereocenters. The number of fused-ring (bicyclic) bond motifs is 4. The van der Waals surface area contributed by atoms with Crippen LogP contribution < -0.4 is 0 Å². The Balaban J connectivity index is 2.20. The molecule has 0 spiro atoms. The van der Waals surface area contributed by atoms with Crippen LogP contribution in [0.2, 0.25) is 0 Å². The van der Waals surface area contributed by atoms with Crippen LogP contribution in [-0.4, -0.2) is 28.2 Å². The molecule has 0 aliphatic heterocycles. The van der Waals surface area contributed by atoms with E-state index in [2.05, 4.69) is 19.9 Å². The summed E-state index contributed by atoms with van der Waals surface area (Å²) in [4.78, 5) is 12.3. The highest BCUT2D eigenvalue weighted by Crippen LogP contribution is 2.69. The van der Waals surface area contributed by atoms with Gasteiger partial charge < -0.3 is 10.2 Å². The number of aliphatic hydroxyl groups excluding tert-OH is 1. The number of rotatable bonds is 1. The average Bonchev–Trinajstić information content (AvgIpc) is 2.71. The zero-order valence-corrected chi connectivity index (χ0v) is 11.4. The number of carbonyl (C=O) groups is 1. The average molecular weight is 250 g/mol. The third-order valence-electron chi connectivity index (χ3n) is 6.37. The quantitative estimate of drug-likeness (QED) is 0.696. The monoisotopic (exact) mass is 250 g/mol. The SMILES string of the molecule is C[C@@H]1CC=C2[C@@H]1C[C@@]1(O)C(=O)C[C@@]2(C)[C@]1(C)CO. The maximum atomic E-state index is 12.3. The second kappa shape index (κ2) is 3.26. The normalized spacial score (nSPS) is 54.5. The van der Waals surface area contributed by atoms with E-state index in [9.17, 15) is 15.0 Å². The minimum absolute atomic E-state index is 0.0796. The van der Waals surface area contributed by atoms with Crippen molar-refractivity contribution in [1.29, 1.82) is 0 Å². The van der Waals surface area contributed by atoms with E-state index in [1.807, 2.05) is 6.92 Å². The molecule has 0 amide bonds. The van der Waals surface area contributed by atoms with Gasteiger partial charge in [-0.15, -0.1) is 0 Å². The second-order valence-electron chi connectivity index (χ2n) is 6.97. The number of hydrogen-bond donors (Lipinski definition) is 2. The van der Waals surface area contributed by atoms with Gasteiger partial charge in [-0.25, -0.2) is 0 Å². The predicted octanol–water partition coefficient (Wildman–Crippen LogP) is 1.68. The predicted molar refractivity (Wildman–Crippen MR) is 67.8 cm³/mol. The summed E-state index contributed by atoms with van der Waals surface area (Å²) in [7, 11) is 0. The van der Waals surface area contributed by atoms with E-state index in [1.54, 1.807) is 0 Å². The number of ketones is 1. The molecule has 3 aliphatic carbocycles. The highest BCUT2D eigenvalue weighted by molar-refractivity contribution is 5.93. The van der Waals surface area contributed by atoms with Crippen LogP contribution in [-0.2, 0) is 4.79 Å².